The van der Waals surface area contributed by atoms with E-state index in [1.165, 1.54) is 0 Å². The van der Waals surface area contributed by atoms with Gasteiger partial charge in [-0.15, -0.1) is 0 Å². The van der Waals surface area contributed by atoms with E-state index in [0.29, 0.717) is 21.5 Å². The fraction of sp³-hybridized carbons (Fsp3) is 0.294. The lowest BCUT2D eigenvalue weighted by Gasteiger charge is -2.27. The van der Waals surface area contributed by atoms with E-state index >= 15 is 0 Å². The van der Waals surface area contributed by atoms with Crippen LogP contribution < -0.4 is 10.5 Å². The van der Waals surface area contributed by atoms with Gasteiger partial charge < -0.3 is 19.9 Å². The van der Waals surface area contributed by atoms with Crippen LogP contribution in [-0.2, 0) is 14.3 Å². The minimum absolute atomic E-state index is 0.0178. The average Bonchev–Trinajstić information content (AvgIpc) is 2.54. The van der Waals surface area contributed by atoms with Gasteiger partial charge in [-0.3, -0.25) is 0 Å². The van der Waals surface area contributed by atoms with Crippen molar-refractivity contribution in [2.24, 2.45) is 5.73 Å². The van der Waals surface area contributed by atoms with Gasteiger partial charge in [-0.25, -0.2) is 4.79 Å². The van der Waals surface area contributed by atoms with Gasteiger partial charge in [0.1, 0.15) is 23.2 Å². The number of hydrogen-bond acceptors (Lipinski definition) is 6. The van der Waals surface area contributed by atoms with Crippen LogP contribution in [0, 0.1) is 11.3 Å². The number of nitrogens with two attached hydrogens (primary N) is 1. The van der Waals surface area contributed by atoms with E-state index in [9.17, 15) is 10.1 Å². The Morgan fingerprint density at radius 1 is 1.50 bits per heavy atom. The molecule has 1 aliphatic rings. The molecule has 126 valence electrons. The van der Waals surface area contributed by atoms with Crippen LogP contribution in [0.25, 0.3) is 0 Å². The van der Waals surface area contributed by atoms with E-state index in [4.69, 9.17) is 19.9 Å². The van der Waals surface area contributed by atoms with Gasteiger partial charge in [0.2, 0.25) is 5.88 Å². The highest BCUT2D eigenvalue weighted by molar-refractivity contribution is 9.10. The highest BCUT2D eigenvalue weighted by atomic mass is 79.9. The number of allylic oxidation sites excluding steroid dienone is 2. The molecule has 2 N–H and O–H groups in total. The van der Waals surface area contributed by atoms with Crippen molar-refractivity contribution in [3.8, 4) is 11.8 Å². The molecule has 1 aliphatic heterocycles. The highest BCUT2D eigenvalue weighted by Crippen LogP contribution is 2.42. The molecule has 0 bridgehead atoms. The van der Waals surface area contributed by atoms with E-state index in [2.05, 4.69) is 15.9 Å². The molecule has 0 spiro atoms. The molecule has 0 aliphatic carbocycles. The molecule has 7 heteroatoms. The number of carbonyl (C=O) groups excluding carboxylic acids is 1. The normalized spacial score (nSPS) is 17.2. The van der Waals surface area contributed by atoms with Gasteiger partial charge in [0.25, 0.3) is 0 Å². The highest BCUT2D eigenvalue weighted by Gasteiger charge is 2.37. The first-order valence-electron chi connectivity index (χ1n) is 7.23. The summed E-state index contributed by atoms with van der Waals surface area (Å²) in [7, 11) is 1.56. The van der Waals surface area contributed by atoms with E-state index < -0.39 is 11.9 Å². The van der Waals surface area contributed by atoms with E-state index in [-0.39, 0.29) is 23.6 Å². The monoisotopic (exact) mass is 392 g/mol. The number of hydrogen-bond donors (Lipinski definition) is 1. The molecule has 0 amide bonds. The van der Waals surface area contributed by atoms with Crippen molar-refractivity contribution in [1.29, 1.82) is 5.26 Å². The van der Waals surface area contributed by atoms with Gasteiger partial charge in [0.05, 0.1) is 25.2 Å². The number of carbonyl (C=O) groups is 1. The van der Waals surface area contributed by atoms with Crippen LogP contribution in [0.2, 0.25) is 0 Å². The second-order valence-corrected chi connectivity index (χ2v) is 5.86. The molecule has 0 aromatic heterocycles. The fourth-order valence-electron chi connectivity index (χ4n) is 2.53. The largest absolute Gasteiger partial charge is 0.497 e. The lowest BCUT2D eigenvalue weighted by atomic mass is 9.83. The molecule has 0 radical (unpaired) electrons. The molecule has 0 fully saturated rings. The smallest absolute Gasteiger partial charge is 0.338 e. The zero-order valence-electron chi connectivity index (χ0n) is 13.6. The first-order valence-corrected chi connectivity index (χ1v) is 8.02. The van der Waals surface area contributed by atoms with Crippen molar-refractivity contribution in [1.82, 2.24) is 0 Å². The Kier molecular flexibility index (Phi) is 5.52. The van der Waals surface area contributed by atoms with Crippen molar-refractivity contribution in [2.45, 2.75) is 19.8 Å². The summed E-state index contributed by atoms with van der Waals surface area (Å²) < 4.78 is 16.4. The van der Waals surface area contributed by atoms with Crippen molar-refractivity contribution in [3.05, 3.63) is 51.0 Å². The number of halogens is 1. The van der Waals surface area contributed by atoms with Crippen LogP contribution in [0.5, 0.6) is 5.75 Å². The van der Waals surface area contributed by atoms with Crippen LogP contribution in [0.15, 0.2) is 45.5 Å². The lowest BCUT2D eigenvalue weighted by molar-refractivity contribution is -0.139. The van der Waals surface area contributed by atoms with E-state index in [1.54, 1.807) is 39.2 Å². The molecule has 2 rings (SSSR count). The molecule has 1 aromatic carbocycles. The number of nitrogens with zero attached hydrogens (tertiary/aromatic N) is 1. The zero-order chi connectivity index (χ0) is 17.9. The van der Waals surface area contributed by atoms with Gasteiger partial charge in [-0.05, 0) is 31.5 Å². The van der Waals surface area contributed by atoms with Gasteiger partial charge in [-0.2, -0.15) is 5.26 Å². The molecule has 0 saturated heterocycles. The Morgan fingerprint density at radius 3 is 2.75 bits per heavy atom. The number of ether oxygens (including phenoxy) is 3. The summed E-state index contributed by atoms with van der Waals surface area (Å²) in [5.41, 5.74) is 6.97. The molecule has 6 nitrogen and oxygen atoms in total. The summed E-state index contributed by atoms with van der Waals surface area (Å²) in [5, 5.41) is 9.52. The summed E-state index contributed by atoms with van der Waals surface area (Å²) in [6.07, 6.45) is 0. The molecular formula is C17H17BrN2O4. The molecule has 1 aromatic rings. The van der Waals surface area contributed by atoms with Crippen LogP contribution >= 0.6 is 15.9 Å². The number of rotatable bonds is 4. The van der Waals surface area contributed by atoms with Crippen LogP contribution in [0.4, 0.5) is 0 Å². The van der Waals surface area contributed by atoms with Gasteiger partial charge in [0, 0.05) is 4.47 Å². The Bertz CT molecular complexity index is 777. The molecule has 1 unspecified atom stereocenters. The lowest BCUT2D eigenvalue weighted by Crippen LogP contribution is -2.25. The summed E-state index contributed by atoms with van der Waals surface area (Å²) in [4.78, 5) is 12.4. The van der Waals surface area contributed by atoms with Crippen LogP contribution in [0.3, 0.4) is 0 Å². The Balaban J connectivity index is 2.65. The predicted octanol–water partition coefficient (Wildman–Crippen LogP) is 3.10. The third-order valence-electron chi connectivity index (χ3n) is 3.62. The zero-order valence-corrected chi connectivity index (χ0v) is 15.1. The van der Waals surface area contributed by atoms with Crippen molar-refractivity contribution < 1.29 is 19.0 Å². The standard InChI is InChI=1S/C17H17BrN2O4/c1-4-23-17(21)14-9(2)24-16(20)12(8-19)15(14)11-6-5-10(22-3)7-13(11)18/h5-7,15H,4,20H2,1-3H3. The number of methoxy groups -OCH3 is 1. The van der Waals surface area contributed by atoms with Gasteiger partial charge >= 0.3 is 5.97 Å². The first-order chi connectivity index (χ1) is 11.4. The Morgan fingerprint density at radius 2 is 2.21 bits per heavy atom. The van der Waals surface area contributed by atoms with Crippen LogP contribution in [-0.4, -0.2) is 19.7 Å². The molecule has 1 atom stereocenters. The third kappa shape index (κ3) is 3.24. The Labute approximate surface area is 148 Å². The second-order valence-electron chi connectivity index (χ2n) is 5.00. The summed E-state index contributed by atoms with van der Waals surface area (Å²) >= 11 is 3.47. The third-order valence-corrected chi connectivity index (χ3v) is 4.31. The molecular weight excluding hydrogens is 376 g/mol. The average molecular weight is 393 g/mol. The first kappa shape index (κ1) is 17.9. The summed E-state index contributed by atoms with van der Waals surface area (Å²) in [6, 6.07) is 7.32. The number of benzene rings is 1. The van der Waals surface area contributed by atoms with Gasteiger partial charge in [-0.1, -0.05) is 22.0 Å². The Hall–Kier alpha value is -2.46. The minimum Gasteiger partial charge on any atom is -0.497 e. The van der Waals surface area contributed by atoms with E-state index in [1.807, 2.05) is 6.07 Å². The quantitative estimate of drug-likeness (QED) is 0.790. The summed E-state index contributed by atoms with van der Waals surface area (Å²) in [5.74, 6) is -0.272. The van der Waals surface area contributed by atoms with Crippen LogP contribution in [0.1, 0.15) is 25.3 Å². The maximum Gasteiger partial charge on any atom is 0.338 e. The molecule has 24 heavy (non-hydrogen) atoms. The minimum atomic E-state index is -0.678. The van der Waals surface area contributed by atoms with Crippen molar-refractivity contribution >= 4 is 21.9 Å². The molecule has 1 heterocycles. The van der Waals surface area contributed by atoms with Crippen molar-refractivity contribution in [2.75, 3.05) is 13.7 Å². The summed E-state index contributed by atoms with van der Waals surface area (Å²) in [6.45, 7) is 3.55. The second kappa shape index (κ2) is 7.41. The maximum absolute atomic E-state index is 12.4. The van der Waals surface area contributed by atoms with E-state index in [0.717, 1.165) is 0 Å². The number of esters is 1. The topological polar surface area (TPSA) is 94.6 Å². The predicted molar refractivity (Wildman–Crippen MR) is 90.7 cm³/mol. The fourth-order valence-corrected chi connectivity index (χ4v) is 3.12. The van der Waals surface area contributed by atoms with Gasteiger partial charge in [0.15, 0.2) is 0 Å². The maximum atomic E-state index is 12.4. The van der Waals surface area contributed by atoms with Crippen molar-refractivity contribution in [3.63, 3.8) is 0 Å². The SMILES string of the molecule is CCOC(=O)C1=C(C)OC(N)=C(C#N)C1c1ccc(OC)cc1Br. The molecule has 0 saturated carbocycles. The number of nitriles is 1.